The summed E-state index contributed by atoms with van der Waals surface area (Å²) in [6, 6.07) is 11.7. The van der Waals surface area contributed by atoms with Gasteiger partial charge in [0.1, 0.15) is 5.56 Å². The lowest BCUT2D eigenvalue weighted by atomic mass is 10.1. The fourth-order valence-electron chi connectivity index (χ4n) is 1.82. The molecule has 2 rings (SSSR count). The van der Waals surface area contributed by atoms with Crippen LogP contribution in [0.5, 0.6) is 0 Å². The molecular formula is C14H11BrN2O3. The number of hydrogen-bond acceptors (Lipinski definition) is 3. The monoisotopic (exact) mass is 334 g/mol. The molecule has 6 heteroatoms. The van der Waals surface area contributed by atoms with Gasteiger partial charge in [0.15, 0.2) is 0 Å². The Morgan fingerprint density at radius 1 is 1.20 bits per heavy atom. The van der Waals surface area contributed by atoms with Crippen LogP contribution in [0.1, 0.15) is 15.9 Å². The van der Waals surface area contributed by atoms with Gasteiger partial charge in [-0.05, 0) is 37.3 Å². The molecule has 1 amide bonds. The second kappa shape index (κ2) is 5.83. The molecule has 0 atom stereocenters. The summed E-state index contributed by atoms with van der Waals surface area (Å²) in [7, 11) is 0. The van der Waals surface area contributed by atoms with E-state index < -0.39 is 10.8 Å². The number of anilines is 1. The highest BCUT2D eigenvalue weighted by molar-refractivity contribution is 9.10. The average Bonchev–Trinajstić information content (AvgIpc) is 2.40. The minimum absolute atomic E-state index is 0.0536. The fraction of sp³-hybridized carbons (Fsp3) is 0.0714. The molecule has 0 heterocycles. The van der Waals surface area contributed by atoms with Crippen LogP contribution >= 0.6 is 15.9 Å². The van der Waals surface area contributed by atoms with E-state index in [1.54, 1.807) is 43.3 Å². The van der Waals surface area contributed by atoms with Crippen molar-refractivity contribution in [2.75, 3.05) is 5.32 Å². The Balaban J connectivity index is 2.32. The molecule has 2 aromatic carbocycles. The molecule has 0 aromatic heterocycles. The third kappa shape index (κ3) is 3.03. The molecular weight excluding hydrogens is 324 g/mol. The molecule has 0 aliphatic heterocycles. The average molecular weight is 335 g/mol. The first kappa shape index (κ1) is 14.2. The van der Waals surface area contributed by atoms with Crippen molar-refractivity contribution < 1.29 is 9.72 Å². The fourth-order valence-corrected chi connectivity index (χ4v) is 2.08. The Morgan fingerprint density at radius 2 is 1.85 bits per heavy atom. The van der Waals surface area contributed by atoms with E-state index in [-0.39, 0.29) is 11.3 Å². The summed E-state index contributed by atoms with van der Waals surface area (Å²) >= 11 is 3.29. The largest absolute Gasteiger partial charge is 0.322 e. The molecule has 0 saturated heterocycles. The van der Waals surface area contributed by atoms with Crippen LogP contribution in [-0.2, 0) is 0 Å². The first-order valence-electron chi connectivity index (χ1n) is 5.80. The molecule has 5 nitrogen and oxygen atoms in total. The Labute approximate surface area is 123 Å². The highest BCUT2D eigenvalue weighted by Crippen LogP contribution is 2.24. The van der Waals surface area contributed by atoms with Crippen molar-refractivity contribution in [2.45, 2.75) is 6.92 Å². The summed E-state index contributed by atoms with van der Waals surface area (Å²) in [5, 5.41) is 13.7. The second-order valence-electron chi connectivity index (χ2n) is 4.19. The van der Waals surface area contributed by atoms with Crippen LogP contribution < -0.4 is 5.32 Å². The number of nitro groups is 1. The van der Waals surface area contributed by atoms with Gasteiger partial charge in [0.05, 0.1) is 4.92 Å². The zero-order chi connectivity index (χ0) is 14.7. The van der Waals surface area contributed by atoms with Gasteiger partial charge in [-0.15, -0.1) is 0 Å². The van der Waals surface area contributed by atoms with Gasteiger partial charge in [-0.1, -0.05) is 28.1 Å². The Hall–Kier alpha value is -2.21. The van der Waals surface area contributed by atoms with E-state index in [1.807, 2.05) is 0 Å². The van der Waals surface area contributed by atoms with Crippen LogP contribution in [0.4, 0.5) is 11.4 Å². The summed E-state index contributed by atoms with van der Waals surface area (Å²) in [6.45, 7) is 1.61. The van der Waals surface area contributed by atoms with E-state index >= 15 is 0 Å². The van der Waals surface area contributed by atoms with Crippen molar-refractivity contribution in [3.63, 3.8) is 0 Å². The predicted molar refractivity (Wildman–Crippen MR) is 79.9 cm³/mol. The van der Waals surface area contributed by atoms with Gasteiger partial charge >= 0.3 is 0 Å². The van der Waals surface area contributed by atoms with Gasteiger partial charge in [-0.3, -0.25) is 14.9 Å². The Kier molecular flexibility index (Phi) is 4.14. The van der Waals surface area contributed by atoms with E-state index in [0.29, 0.717) is 11.3 Å². The maximum Gasteiger partial charge on any atom is 0.285 e. The van der Waals surface area contributed by atoms with Crippen LogP contribution in [0.15, 0.2) is 46.9 Å². The minimum atomic E-state index is -0.536. The van der Waals surface area contributed by atoms with E-state index in [4.69, 9.17) is 0 Å². The minimum Gasteiger partial charge on any atom is -0.322 e. The van der Waals surface area contributed by atoms with Gasteiger partial charge in [0, 0.05) is 15.7 Å². The summed E-state index contributed by atoms with van der Waals surface area (Å²) in [6.07, 6.45) is 0. The van der Waals surface area contributed by atoms with Gasteiger partial charge in [-0.25, -0.2) is 0 Å². The molecule has 0 radical (unpaired) electrons. The van der Waals surface area contributed by atoms with Crippen LogP contribution in [0.25, 0.3) is 0 Å². The van der Waals surface area contributed by atoms with Crippen LogP contribution in [0, 0.1) is 17.0 Å². The standard InChI is InChI=1S/C14H11BrN2O3/c1-9-3-2-4-12(13(9)17(19)20)14(18)16-11-7-5-10(15)6-8-11/h2-8H,1H3,(H,16,18). The number of rotatable bonds is 3. The molecule has 0 fully saturated rings. The van der Waals surface area contributed by atoms with Crippen LogP contribution in [-0.4, -0.2) is 10.8 Å². The van der Waals surface area contributed by atoms with Gasteiger partial charge in [0.2, 0.25) is 0 Å². The van der Waals surface area contributed by atoms with Gasteiger partial charge in [0.25, 0.3) is 11.6 Å². The number of para-hydroxylation sites is 1. The molecule has 0 unspecified atom stereocenters. The number of nitrogens with zero attached hydrogens (tertiary/aromatic N) is 1. The van der Waals surface area contributed by atoms with E-state index in [2.05, 4.69) is 21.2 Å². The number of aryl methyl sites for hydroxylation is 1. The van der Waals surface area contributed by atoms with E-state index in [1.165, 1.54) is 6.07 Å². The molecule has 0 saturated carbocycles. The van der Waals surface area contributed by atoms with Crippen LogP contribution in [0.3, 0.4) is 0 Å². The van der Waals surface area contributed by atoms with Crippen LogP contribution in [0.2, 0.25) is 0 Å². The number of carbonyl (C=O) groups is 1. The lowest BCUT2D eigenvalue weighted by molar-refractivity contribution is -0.385. The third-order valence-electron chi connectivity index (χ3n) is 2.77. The van der Waals surface area contributed by atoms with Crippen molar-refractivity contribution >= 4 is 33.2 Å². The SMILES string of the molecule is Cc1cccc(C(=O)Nc2ccc(Br)cc2)c1[N+](=O)[O-]. The topological polar surface area (TPSA) is 72.2 Å². The summed E-state index contributed by atoms with van der Waals surface area (Å²) in [5.74, 6) is -0.497. The number of nitrogens with one attached hydrogen (secondary N) is 1. The smallest absolute Gasteiger partial charge is 0.285 e. The number of carbonyl (C=O) groups excluding carboxylic acids is 1. The number of halogens is 1. The van der Waals surface area contributed by atoms with Gasteiger partial charge < -0.3 is 5.32 Å². The van der Waals surface area contributed by atoms with E-state index in [9.17, 15) is 14.9 Å². The molecule has 2 aromatic rings. The summed E-state index contributed by atoms with van der Waals surface area (Å²) in [5.41, 5.74) is 0.924. The van der Waals surface area contributed by atoms with Crippen molar-refractivity contribution in [1.29, 1.82) is 0 Å². The van der Waals surface area contributed by atoms with Gasteiger partial charge in [-0.2, -0.15) is 0 Å². The molecule has 0 bridgehead atoms. The van der Waals surface area contributed by atoms with Crippen molar-refractivity contribution in [1.82, 2.24) is 0 Å². The zero-order valence-corrected chi connectivity index (χ0v) is 12.2. The maximum atomic E-state index is 12.1. The molecule has 102 valence electrons. The lowest BCUT2D eigenvalue weighted by Gasteiger charge is -2.07. The summed E-state index contributed by atoms with van der Waals surface area (Å²) in [4.78, 5) is 22.7. The molecule has 20 heavy (non-hydrogen) atoms. The molecule has 0 aliphatic rings. The third-order valence-corrected chi connectivity index (χ3v) is 3.30. The normalized spacial score (nSPS) is 10.1. The quantitative estimate of drug-likeness (QED) is 0.683. The summed E-state index contributed by atoms with van der Waals surface area (Å²) < 4.78 is 0.886. The number of nitro benzene ring substituents is 1. The maximum absolute atomic E-state index is 12.1. The van der Waals surface area contributed by atoms with E-state index in [0.717, 1.165) is 4.47 Å². The molecule has 0 aliphatic carbocycles. The first-order valence-corrected chi connectivity index (χ1v) is 6.59. The zero-order valence-electron chi connectivity index (χ0n) is 10.6. The first-order chi connectivity index (χ1) is 9.49. The lowest BCUT2D eigenvalue weighted by Crippen LogP contribution is -2.14. The molecule has 0 spiro atoms. The second-order valence-corrected chi connectivity index (χ2v) is 5.10. The van der Waals surface area contributed by atoms with Crippen molar-refractivity contribution in [3.05, 3.63) is 68.2 Å². The van der Waals surface area contributed by atoms with Crippen molar-refractivity contribution in [3.8, 4) is 0 Å². The molecule has 1 N–H and O–H groups in total. The highest BCUT2D eigenvalue weighted by atomic mass is 79.9. The number of benzene rings is 2. The Bertz CT molecular complexity index is 669. The number of hydrogen-bond donors (Lipinski definition) is 1. The Morgan fingerprint density at radius 3 is 2.45 bits per heavy atom. The number of amides is 1. The predicted octanol–water partition coefficient (Wildman–Crippen LogP) is 3.92. The van der Waals surface area contributed by atoms with Crippen molar-refractivity contribution in [2.24, 2.45) is 0 Å². The highest BCUT2D eigenvalue weighted by Gasteiger charge is 2.22.